The van der Waals surface area contributed by atoms with Crippen LogP contribution in [-0.4, -0.2) is 21.6 Å². The van der Waals surface area contributed by atoms with E-state index in [0.717, 1.165) is 36.9 Å². The number of fused-ring (bicyclic) bond motifs is 1. The Hall–Kier alpha value is -2.21. The lowest BCUT2D eigenvalue weighted by Crippen LogP contribution is -2.29. The summed E-state index contributed by atoms with van der Waals surface area (Å²) in [6.45, 7) is 3.82. The largest absolute Gasteiger partial charge is 0.480 e. The summed E-state index contributed by atoms with van der Waals surface area (Å²) in [4.78, 5) is 30.2. The van der Waals surface area contributed by atoms with Crippen molar-refractivity contribution in [3.05, 3.63) is 50.8 Å². The molecule has 3 rings (SSSR count). The second-order valence-corrected chi connectivity index (χ2v) is 7.44. The highest BCUT2D eigenvalue weighted by Gasteiger charge is 2.26. The molecule has 0 aliphatic heterocycles. The van der Waals surface area contributed by atoms with E-state index in [4.69, 9.17) is 0 Å². The van der Waals surface area contributed by atoms with Crippen molar-refractivity contribution in [2.24, 2.45) is 4.99 Å². The summed E-state index contributed by atoms with van der Waals surface area (Å²) < 4.78 is 1.79. The number of aromatic nitrogens is 1. The molecule has 1 aromatic carbocycles. The SMILES string of the molecule is CCC(C(=O)O)n1c2c(sc1=NC(=O)c1ccc(C)cc1)CCCC2. The van der Waals surface area contributed by atoms with Crippen molar-refractivity contribution >= 4 is 23.2 Å². The number of benzene rings is 1. The van der Waals surface area contributed by atoms with Gasteiger partial charge in [-0.1, -0.05) is 24.6 Å². The molecule has 0 saturated carbocycles. The van der Waals surface area contributed by atoms with E-state index in [9.17, 15) is 14.7 Å². The molecule has 1 N–H and O–H groups in total. The van der Waals surface area contributed by atoms with Gasteiger partial charge in [0.25, 0.3) is 5.91 Å². The van der Waals surface area contributed by atoms with Crippen LogP contribution >= 0.6 is 11.3 Å². The molecule has 6 heteroatoms. The Bertz CT molecular complexity index is 862. The van der Waals surface area contributed by atoms with Gasteiger partial charge in [-0.15, -0.1) is 11.3 Å². The number of rotatable bonds is 4. The molecule has 25 heavy (non-hydrogen) atoms. The molecule has 1 aromatic heterocycles. The Morgan fingerprint density at radius 1 is 1.24 bits per heavy atom. The van der Waals surface area contributed by atoms with Gasteiger partial charge < -0.3 is 9.67 Å². The van der Waals surface area contributed by atoms with Crippen LogP contribution in [0.15, 0.2) is 29.3 Å². The lowest BCUT2D eigenvalue weighted by molar-refractivity contribution is -0.141. The van der Waals surface area contributed by atoms with E-state index in [2.05, 4.69) is 4.99 Å². The van der Waals surface area contributed by atoms with Crippen LogP contribution in [0.5, 0.6) is 0 Å². The van der Waals surface area contributed by atoms with Crippen molar-refractivity contribution in [3.8, 4) is 0 Å². The number of carboxylic acids is 1. The monoisotopic (exact) mass is 358 g/mol. The fraction of sp³-hybridized carbons (Fsp3) is 0.421. The van der Waals surface area contributed by atoms with Crippen LogP contribution in [0.1, 0.15) is 58.7 Å². The Morgan fingerprint density at radius 2 is 1.92 bits per heavy atom. The Kier molecular flexibility index (Phi) is 5.18. The second kappa shape index (κ2) is 7.35. The molecule has 132 valence electrons. The minimum atomic E-state index is -0.877. The molecular weight excluding hydrogens is 336 g/mol. The molecule has 2 aromatic rings. The Morgan fingerprint density at radius 3 is 2.56 bits per heavy atom. The Balaban J connectivity index is 2.11. The predicted octanol–water partition coefficient (Wildman–Crippen LogP) is 3.51. The number of aryl methyl sites for hydroxylation is 2. The minimum Gasteiger partial charge on any atom is -0.480 e. The summed E-state index contributed by atoms with van der Waals surface area (Å²) in [6, 6.07) is 6.59. The summed E-state index contributed by atoms with van der Waals surface area (Å²) in [7, 11) is 0. The van der Waals surface area contributed by atoms with Gasteiger partial charge in [0.15, 0.2) is 4.80 Å². The number of hydrogen-bond acceptors (Lipinski definition) is 3. The standard InChI is InChI=1S/C19H22N2O3S/c1-3-14(18(23)24)21-15-6-4-5-7-16(15)25-19(21)20-17(22)13-10-8-12(2)9-11-13/h8-11,14H,3-7H2,1-2H3,(H,23,24). The van der Waals surface area contributed by atoms with Crippen LogP contribution in [0.4, 0.5) is 0 Å². The molecule has 5 nitrogen and oxygen atoms in total. The van der Waals surface area contributed by atoms with Gasteiger partial charge >= 0.3 is 5.97 Å². The first-order chi connectivity index (χ1) is 12.0. The highest BCUT2D eigenvalue weighted by molar-refractivity contribution is 7.09. The highest BCUT2D eigenvalue weighted by Crippen LogP contribution is 2.27. The van der Waals surface area contributed by atoms with E-state index in [1.165, 1.54) is 16.2 Å². The summed E-state index contributed by atoms with van der Waals surface area (Å²) in [6.07, 6.45) is 4.40. The number of carbonyl (C=O) groups is 2. The van der Waals surface area contributed by atoms with E-state index in [1.54, 1.807) is 16.7 Å². The van der Waals surface area contributed by atoms with Crippen LogP contribution in [0.3, 0.4) is 0 Å². The normalized spacial score (nSPS) is 15.7. The van der Waals surface area contributed by atoms with Gasteiger partial charge in [-0.25, -0.2) is 4.79 Å². The third-order valence-corrected chi connectivity index (χ3v) is 5.74. The third kappa shape index (κ3) is 3.58. The van der Waals surface area contributed by atoms with Gasteiger partial charge in [0, 0.05) is 16.1 Å². The van der Waals surface area contributed by atoms with Crippen molar-refractivity contribution in [1.82, 2.24) is 4.57 Å². The number of carboxylic acid groups (broad SMARTS) is 1. The summed E-state index contributed by atoms with van der Waals surface area (Å²) in [5.74, 6) is -1.20. The van der Waals surface area contributed by atoms with Gasteiger partial charge in [-0.3, -0.25) is 4.79 Å². The average Bonchev–Trinajstić information content (AvgIpc) is 2.94. The first kappa shape index (κ1) is 17.6. The van der Waals surface area contributed by atoms with Crippen LogP contribution in [0.2, 0.25) is 0 Å². The van der Waals surface area contributed by atoms with E-state index in [-0.39, 0.29) is 5.91 Å². The topological polar surface area (TPSA) is 71.7 Å². The number of carbonyl (C=O) groups excluding carboxylic acids is 1. The van der Waals surface area contributed by atoms with E-state index < -0.39 is 12.0 Å². The van der Waals surface area contributed by atoms with Gasteiger partial charge in [-0.2, -0.15) is 4.99 Å². The van der Waals surface area contributed by atoms with Gasteiger partial charge in [0.05, 0.1) is 0 Å². The molecule has 0 bridgehead atoms. The van der Waals surface area contributed by atoms with E-state index in [1.807, 2.05) is 26.0 Å². The molecule has 1 unspecified atom stereocenters. The molecular formula is C19H22N2O3S. The number of thiazole rings is 1. The van der Waals surface area contributed by atoms with Crippen molar-refractivity contribution in [2.45, 2.75) is 52.0 Å². The van der Waals surface area contributed by atoms with E-state index in [0.29, 0.717) is 16.8 Å². The summed E-state index contributed by atoms with van der Waals surface area (Å²) in [5.41, 5.74) is 2.64. The zero-order valence-electron chi connectivity index (χ0n) is 14.5. The molecule has 1 aliphatic rings. The van der Waals surface area contributed by atoms with E-state index >= 15 is 0 Å². The molecule has 1 aliphatic carbocycles. The van der Waals surface area contributed by atoms with Crippen molar-refractivity contribution < 1.29 is 14.7 Å². The van der Waals surface area contributed by atoms with Crippen molar-refractivity contribution in [3.63, 3.8) is 0 Å². The average molecular weight is 358 g/mol. The van der Waals surface area contributed by atoms with Crippen LogP contribution < -0.4 is 4.80 Å². The van der Waals surface area contributed by atoms with Gasteiger partial charge in [0.2, 0.25) is 0 Å². The first-order valence-corrected chi connectivity index (χ1v) is 9.44. The molecule has 1 amide bonds. The van der Waals surface area contributed by atoms with Crippen molar-refractivity contribution in [2.75, 3.05) is 0 Å². The van der Waals surface area contributed by atoms with Crippen molar-refractivity contribution in [1.29, 1.82) is 0 Å². The fourth-order valence-electron chi connectivity index (χ4n) is 3.21. The minimum absolute atomic E-state index is 0.326. The fourth-order valence-corrected chi connectivity index (χ4v) is 4.46. The molecule has 1 heterocycles. The maximum atomic E-state index is 12.6. The van der Waals surface area contributed by atoms with Crippen LogP contribution in [-0.2, 0) is 17.6 Å². The van der Waals surface area contributed by atoms with Gasteiger partial charge in [0.1, 0.15) is 6.04 Å². The van der Waals surface area contributed by atoms with Crippen LogP contribution in [0.25, 0.3) is 0 Å². The first-order valence-electron chi connectivity index (χ1n) is 8.63. The maximum absolute atomic E-state index is 12.6. The second-order valence-electron chi connectivity index (χ2n) is 6.38. The predicted molar refractivity (Wildman–Crippen MR) is 97.0 cm³/mol. The molecule has 0 spiro atoms. The number of aliphatic carboxylic acids is 1. The maximum Gasteiger partial charge on any atom is 0.326 e. The third-order valence-electron chi connectivity index (χ3n) is 4.58. The summed E-state index contributed by atoms with van der Waals surface area (Å²) >= 11 is 1.46. The quantitative estimate of drug-likeness (QED) is 0.909. The molecule has 1 atom stereocenters. The van der Waals surface area contributed by atoms with Crippen LogP contribution in [0, 0.1) is 6.92 Å². The Labute approximate surface area is 150 Å². The zero-order valence-corrected chi connectivity index (χ0v) is 15.3. The number of hydrogen-bond donors (Lipinski definition) is 1. The molecule has 0 radical (unpaired) electrons. The lowest BCUT2D eigenvalue weighted by Gasteiger charge is -2.19. The molecule has 0 saturated heterocycles. The lowest BCUT2D eigenvalue weighted by atomic mass is 10.0. The summed E-state index contributed by atoms with van der Waals surface area (Å²) in [5, 5.41) is 9.61. The zero-order chi connectivity index (χ0) is 18.0. The number of amides is 1. The smallest absolute Gasteiger partial charge is 0.326 e. The molecule has 0 fully saturated rings. The van der Waals surface area contributed by atoms with Gasteiger partial charge in [-0.05, 0) is 51.2 Å². The number of nitrogens with zero attached hydrogens (tertiary/aromatic N) is 2. The highest BCUT2D eigenvalue weighted by atomic mass is 32.1.